The number of imidazole rings is 1. The molecule has 16 heavy (non-hydrogen) atoms. The van der Waals surface area contributed by atoms with Gasteiger partial charge >= 0.3 is 0 Å². The summed E-state index contributed by atoms with van der Waals surface area (Å²) in [7, 11) is 0. The number of aromatic nitrogens is 5. The van der Waals surface area contributed by atoms with Gasteiger partial charge in [0.15, 0.2) is 5.65 Å². The van der Waals surface area contributed by atoms with Gasteiger partial charge in [0.1, 0.15) is 11.2 Å². The topological polar surface area (TPSA) is 58.9 Å². The van der Waals surface area contributed by atoms with Gasteiger partial charge in [-0.25, -0.2) is 4.98 Å². The molecule has 0 saturated carbocycles. The Morgan fingerprint density at radius 1 is 1.12 bits per heavy atom. The van der Waals surface area contributed by atoms with Crippen molar-refractivity contribution < 1.29 is 0 Å². The molecule has 0 amide bonds. The van der Waals surface area contributed by atoms with Crippen molar-refractivity contribution in [2.75, 3.05) is 0 Å². The van der Waals surface area contributed by atoms with E-state index in [1.54, 1.807) is 18.6 Å². The number of fused-ring (bicyclic) bond motifs is 5. The van der Waals surface area contributed by atoms with E-state index in [0.29, 0.717) is 0 Å². The van der Waals surface area contributed by atoms with E-state index in [1.165, 1.54) is 0 Å². The first kappa shape index (κ1) is 7.81. The molecule has 0 aromatic carbocycles. The van der Waals surface area contributed by atoms with Crippen molar-refractivity contribution in [2.24, 2.45) is 0 Å². The van der Waals surface area contributed by atoms with Crippen molar-refractivity contribution in [3.63, 3.8) is 0 Å². The summed E-state index contributed by atoms with van der Waals surface area (Å²) < 4.78 is 1.99. The fourth-order valence-corrected chi connectivity index (χ4v) is 2.03. The number of hydrogen-bond acceptors (Lipinski definition) is 3. The van der Waals surface area contributed by atoms with Crippen LogP contribution in [-0.4, -0.2) is 24.3 Å². The van der Waals surface area contributed by atoms with Crippen LogP contribution in [0.15, 0.2) is 37.1 Å². The van der Waals surface area contributed by atoms with Gasteiger partial charge in [0.05, 0.1) is 11.7 Å². The van der Waals surface area contributed by atoms with Crippen molar-refractivity contribution in [2.45, 2.75) is 0 Å². The summed E-state index contributed by atoms with van der Waals surface area (Å²) >= 11 is 0. The molecule has 0 aliphatic rings. The van der Waals surface area contributed by atoms with Gasteiger partial charge in [0.25, 0.3) is 0 Å². The van der Waals surface area contributed by atoms with Crippen LogP contribution in [0.1, 0.15) is 0 Å². The van der Waals surface area contributed by atoms with Crippen LogP contribution in [0.5, 0.6) is 0 Å². The van der Waals surface area contributed by atoms with Gasteiger partial charge < -0.3 is 4.98 Å². The number of H-pyrrole nitrogens is 1. The van der Waals surface area contributed by atoms with Crippen LogP contribution in [0.25, 0.3) is 27.7 Å². The highest BCUT2D eigenvalue weighted by atomic mass is 15.1. The molecule has 4 aromatic heterocycles. The Morgan fingerprint density at radius 3 is 3.06 bits per heavy atom. The lowest BCUT2D eigenvalue weighted by molar-refractivity contribution is 1.14. The lowest BCUT2D eigenvalue weighted by Gasteiger charge is -1.90. The van der Waals surface area contributed by atoms with Crippen LogP contribution in [0.4, 0.5) is 0 Å². The smallest absolute Gasteiger partial charge is 0.157 e. The van der Waals surface area contributed by atoms with Gasteiger partial charge in [-0.15, -0.1) is 0 Å². The predicted molar refractivity (Wildman–Crippen MR) is 60.1 cm³/mol. The molecule has 4 heterocycles. The molecule has 0 unspecified atom stereocenters. The van der Waals surface area contributed by atoms with Crippen molar-refractivity contribution in [3.05, 3.63) is 37.1 Å². The van der Waals surface area contributed by atoms with E-state index in [9.17, 15) is 0 Å². The number of aromatic amines is 1. The van der Waals surface area contributed by atoms with Crippen LogP contribution in [0.3, 0.4) is 0 Å². The molecule has 0 spiro atoms. The summed E-state index contributed by atoms with van der Waals surface area (Å²) in [4.78, 5) is 16.0. The minimum Gasteiger partial charge on any atom is -0.339 e. The highest BCUT2D eigenvalue weighted by Gasteiger charge is 2.10. The average Bonchev–Trinajstić information content (AvgIpc) is 2.85. The van der Waals surface area contributed by atoms with Gasteiger partial charge in [-0.3, -0.25) is 14.4 Å². The van der Waals surface area contributed by atoms with Gasteiger partial charge in [0.2, 0.25) is 0 Å². The molecular formula is C11H7N5. The van der Waals surface area contributed by atoms with E-state index in [2.05, 4.69) is 19.9 Å². The quantitative estimate of drug-likeness (QED) is 0.480. The Labute approximate surface area is 89.8 Å². The summed E-state index contributed by atoms with van der Waals surface area (Å²) in [6.45, 7) is 0. The summed E-state index contributed by atoms with van der Waals surface area (Å²) in [5.74, 6) is 0. The highest BCUT2D eigenvalue weighted by Crippen LogP contribution is 2.24. The SMILES string of the molecule is c1cc2[nH]c3c(nc4cnccn43)c2cn1. The second-order valence-corrected chi connectivity index (χ2v) is 3.66. The molecule has 4 aromatic rings. The third-order valence-corrected chi connectivity index (χ3v) is 2.76. The summed E-state index contributed by atoms with van der Waals surface area (Å²) in [6.07, 6.45) is 8.99. The Bertz CT molecular complexity index is 741. The van der Waals surface area contributed by atoms with Crippen molar-refractivity contribution >= 4 is 27.7 Å². The molecule has 1 N–H and O–H groups in total. The number of nitrogens with one attached hydrogen (secondary N) is 1. The van der Waals surface area contributed by atoms with Crippen molar-refractivity contribution in [3.8, 4) is 0 Å². The average molecular weight is 209 g/mol. The lowest BCUT2D eigenvalue weighted by atomic mass is 10.3. The summed E-state index contributed by atoms with van der Waals surface area (Å²) in [6, 6.07) is 1.95. The van der Waals surface area contributed by atoms with Crippen LogP contribution in [0.2, 0.25) is 0 Å². The van der Waals surface area contributed by atoms with Crippen LogP contribution >= 0.6 is 0 Å². The number of rotatable bonds is 0. The standard InChI is InChI=1S/C11H7N5/c1-2-12-5-7-8(1)14-11-10(7)15-9-6-13-3-4-16(9)11/h1-6,14H. The molecule has 5 heteroatoms. The molecule has 0 aliphatic heterocycles. The molecule has 76 valence electrons. The number of nitrogens with zero attached hydrogens (tertiary/aromatic N) is 4. The van der Waals surface area contributed by atoms with Crippen LogP contribution < -0.4 is 0 Å². The second kappa shape index (κ2) is 2.57. The van der Waals surface area contributed by atoms with Gasteiger partial charge in [-0.1, -0.05) is 0 Å². The van der Waals surface area contributed by atoms with E-state index < -0.39 is 0 Å². The van der Waals surface area contributed by atoms with Crippen molar-refractivity contribution in [1.82, 2.24) is 24.3 Å². The minimum atomic E-state index is 0.842. The minimum absolute atomic E-state index is 0.842. The fraction of sp³-hybridized carbons (Fsp3) is 0. The highest BCUT2D eigenvalue weighted by molar-refractivity contribution is 6.04. The number of pyridine rings is 1. The maximum Gasteiger partial charge on any atom is 0.157 e. The van der Waals surface area contributed by atoms with E-state index in [0.717, 1.165) is 27.7 Å². The van der Waals surface area contributed by atoms with Gasteiger partial charge in [0, 0.05) is 30.2 Å². The molecule has 0 atom stereocenters. The lowest BCUT2D eigenvalue weighted by Crippen LogP contribution is -1.85. The van der Waals surface area contributed by atoms with Gasteiger partial charge in [-0.2, -0.15) is 0 Å². The van der Waals surface area contributed by atoms with Crippen LogP contribution in [-0.2, 0) is 0 Å². The maximum atomic E-state index is 4.53. The molecule has 0 fully saturated rings. The zero-order valence-electron chi connectivity index (χ0n) is 8.25. The second-order valence-electron chi connectivity index (χ2n) is 3.66. The van der Waals surface area contributed by atoms with Crippen LogP contribution in [0, 0.1) is 0 Å². The van der Waals surface area contributed by atoms with E-state index in [1.807, 2.05) is 22.9 Å². The molecule has 5 nitrogen and oxygen atoms in total. The molecule has 0 bridgehead atoms. The Kier molecular flexibility index (Phi) is 1.26. The zero-order valence-corrected chi connectivity index (χ0v) is 8.25. The van der Waals surface area contributed by atoms with Crippen molar-refractivity contribution in [1.29, 1.82) is 0 Å². The molecule has 4 rings (SSSR count). The third-order valence-electron chi connectivity index (χ3n) is 2.76. The Balaban J connectivity index is 2.35. The van der Waals surface area contributed by atoms with E-state index in [4.69, 9.17) is 0 Å². The largest absolute Gasteiger partial charge is 0.339 e. The van der Waals surface area contributed by atoms with E-state index >= 15 is 0 Å². The Morgan fingerprint density at radius 2 is 2.06 bits per heavy atom. The normalized spacial score (nSPS) is 11.8. The number of hydrogen-bond donors (Lipinski definition) is 1. The fourth-order valence-electron chi connectivity index (χ4n) is 2.03. The van der Waals surface area contributed by atoms with Gasteiger partial charge in [-0.05, 0) is 6.07 Å². The maximum absolute atomic E-state index is 4.53. The molecule has 0 radical (unpaired) electrons. The Hall–Kier alpha value is -2.43. The third kappa shape index (κ3) is 0.826. The first-order valence-corrected chi connectivity index (χ1v) is 4.97. The molecule has 0 saturated heterocycles. The molecular weight excluding hydrogens is 202 g/mol. The predicted octanol–water partition coefficient (Wildman–Crippen LogP) is 1.76. The first-order valence-electron chi connectivity index (χ1n) is 4.97. The first-order chi connectivity index (χ1) is 7.93. The monoisotopic (exact) mass is 209 g/mol. The summed E-state index contributed by atoms with van der Waals surface area (Å²) in [5, 5.41) is 1.04. The van der Waals surface area contributed by atoms with E-state index in [-0.39, 0.29) is 0 Å². The summed E-state index contributed by atoms with van der Waals surface area (Å²) in [5.41, 5.74) is 3.82. The zero-order chi connectivity index (χ0) is 10.5. The molecule has 0 aliphatic carbocycles.